The van der Waals surface area contributed by atoms with Gasteiger partial charge >= 0.3 is 0 Å². The minimum absolute atomic E-state index is 0.100. The lowest BCUT2D eigenvalue weighted by molar-refractivity contribution is -1.02. The maximum absolute atomic E-state index is 5.58. The molecule has 2 aliphatic rings. The van der Waals surface area contributed by atoms with Gasteiger partial charge in [0.15, 0.2) is 17.5 Å². The van der Waals surface area contributed by atoms with Crippen LogP contribution in [0.2, 0.25) is 0 Å². The summed E-state index contributed by atoms with van der Waals surface area (Å²) in [5, 5.41) is 13.0. The van der Waals surface area contributed by atoms with E-state index in [1.807, 2.05) is 6.07 Å². The van der Waals surface area contributed by atoms with Crippen LogP contribution in [0.25, 0.3) is 0 Å². The Bertz CT molecular complexity index is 781. The number of rotatable bonds is 6. The average molecular weight is 389 g/mol. The predicted octanol–water partition coefficient (Wildman–Crippen LogP) is -0.692. The van der Waals surface area contributed by atoms with Crippen molar-refractivity contribution in [1.29, 1.82) is 0 Å². The summed E-state index contributed by atoms with van der Waals surface area (Å²) in [5.41, 5.74) is 1.18. The van der Waals surface area contributed by atoms with Gasteiger partial charge in [0.05, 0.1) is 27.3 Å². The molecule has 1 saturated heterocycles. The maximum Gasteiger partial charge on any atom is 0.214 e. The Morgan fingerprint density at radius 3 is 2.43 bits per heavy atom. The van der Waals surface area contributed by atoms with Crippen molar-refractivity contribution in [2.75, 3.05) is 47.4 Å². The number of tetrazole rings is 1. The lowest BCUT2D eigenvalue weighted by atomic mass is 10.0. The van der Waals surface area contributed by atoms with Crippen LogP contribution in [0.15, 0.2) is 18.2 Å². The van der Waals surface area contributed by atoms with Crippen LogP contribution in [0.3, 0.4) is 0 Å². The monoisotopic (exact) mass is 388 g/mol. The summed E-state index contributed by atoms with van der Waals surface area (Å²) < 4.78 is 13.1. The Labute approximate surface area is 166 Å². The lowest BCUT2D eigenvalue weighted by Crippen LogP contribution is -3.27. The van der Waals surface area contributed by atoms with Crippen molar-refractivity contribution in [1.82, 2.24) is 20.2 Å². The normalized spacial score (nSPS) is 24.2. The number of quaternary nitrogens is 2. The molecule has 2 aromatic rings. The SMILES string of the molecule is COc1ccc([C@H](c2nnnn2C2CCCC2)[NH+]2CC[NH+](C)CC2)cc1OC. The average Bonchev–Trinajstić information content (AvgIpc) is 3.41. The molecular formula is C20H32N6O2+2. The van der Waals surface area contributed by atoms with Crippen LogP contribution in [-0.2, 0) is 0 Å². The van der Waals surface area contributed by atoms with E-state index in [2.05, 4.69) is 39.4 Å². The van der Waals surface area contributed by atoms with Gasteiger partial charge in [-0.15, -0.1) is 5.10 Å². The Morgan fingerprint density at radius 1 is 1.04 bits per heavy atom. The van der Waals surface area contributed by atoms with Crippen molar-refractivity contribution >= 4 is 0 Å². The third-order valence-corrected chi connectivity index (χ3v) is 6.34. The van der Waals surface area contributed by atoms with E-state index < -0.39 is 0 Å². The number of nitrogens with zero attached hydrogens (tertiary/aromatic N) is 4. The van der Waals surface area contributed by atoms with Crippen LogP contribution in [0.1, 0.15) is 49.2 Å². The van der Waals surface area contributed by atoms with Crippen LogP contribution < -0.4 is 19.3 Å². The van der Waals surface area contributed by atoms with Crippen molar-refractivity contribution in [3.8, 4) is 11.5 Å². The number of aromatic nitrogens is 4. The molecule has 1 aromatic heterocycles. The van der Waals surface area contributed by atoms with Crippen molar-refractivity contribution in [2.45, 2.75) is 37.8 Å². The molecule has 0 unspecified atom stereocenters. The quantitative estimate of drug-likeness (QED) is 0.685. The molecule has 2 heterocycles. The molecule has 28 heavy (non-hydrogen) atoms. The highest BCUT2D eigenvalue weighted by atomic mass is 16.5. The van der Waals surface area contributed by atoms with E-state index in [4.69, 9.17) is 9.47 Å². The molecule has 4 rings (SSSR count). The summed E-state index contributed by atoms with van der Waals surface area (Å²) in [6.45, 7) is 4.51. The molecule has 8 heteroatoms. The molecule has 2 fully saturated rings. The number of hydrogen-bond acceptors (Lipinski definition) is 5. The molecule has 0 bridgehead atoms. The fourth-order valence-electron chi connectivity index (χ4n) is 4.69. The zero-order chi connectivity index (χ0) is 19.5. The highest BCUT2D eigenvalue weighted by Crippen LogP contribution is 2.33. The van der Waals surface area contributed by atoms with Crippen molar-refractivity contribution in [3.63, 3.8) is 0 Å². The molecule has 1 aliphatic carbocycles. The van der Waals surface area contributed by atoms with Crippen LogP contribution in [0, 0.1) is 0 Å². The second-order valence-corrected chi connectivity index (χ2v) is 8.08. The van der Waals surface area contributed by atoms with Crippen LogP contribution in [0.5, 0.6) is 11.5 Å². The summed E-state index contributed by atoms with van der Waals surface area (Å²) in [6, 6.07) is 6.74. The van der Waals surface area contributed by atoms with Crippen molar-refractivity contribution < 1.29 is 19.3 Å². The number of piperazine rings is 1. The first-order valence-electron chi connectivity index (χ1n) is 10.4. The zero-order valence-electron chi connectivity index (χ0n) is 17.1. The van der Waals surface area contributed by atoms with Gasteiger partial charge in [-0.1, -0.05) is 12.8 Å². The molecule has 8 nitrogen and oxygen atoms in total. The first-order chi connectivity index (χ1) is 13.7. The standard InChI is InChI=1S/C20H30N6O2/c1-24-10-12-25(13-11-24)19(15-8-9-17(27-2)18(14-15)28-3)20-21-22-23-26(20)16-6-4-5-7-16/h8-9,14,16,19H,4-7,10-13H2,1-3H3/p+2/t19-/m1/s1. The van der Waals surface area contributed by atoms with E-state index in [0.29, 0.717) is 6.04 Å². The minimum atomic E-state index is 0.100. The van der Waals surface area contributed by atoms with E-state index in [0.717, 1.165) is 43.5 Å². The number of methoxy groups -OCH3 is 2. The van der Waals surface area contributed by atoms with Gasteiger partial charge in [0, 0.05) is 5.56 Å². The van der Waals surface area contributed by atoms with Gasteiger partial charge < -0.3 is 19.3 Å². The first kappa shape index (κ1) is 19.1. The number of hydrogen-bond donors (Lipinski definition) is 2. The molecule has 1 aliphatic heterocycles. The largest absolute Gasteiger partial charge is 0.493 e. The van der Waals surface area contributed by atoms with E-state index >= 15 is 0 Å². The fraction of sp³-hybridized carbons (Fsp3) is 0.650. The second-order valence-electron chi connectivity index (χ2n) is 8.08. The molecule has 0 amide bonds. The third kappa shape index (κ3) is 3.71. The predicted molar refractivity (Wildman–Crippen MR) is 104 cm³/mol. The minimum Gasteiger partial charge on any atom is -0.493 e. The van der Waals surface area contributed by atoms with Gasteiger partial charge in [-0.05, 0) is 41.5 Å². The van der Waals surface area contributed by atoms with Crippen LogP contribution in [-0.4, -0.2) is 67.7 Å². The number of benzene rings is 1. The third-order valence-electron chi connectivity index (χ3n) is 6.34. The Kier molecular flexibility index (Phi) is 5.77. The summed E-state index contributed by atoms with van der Waals surface area (Å²) in [7, 11) is 5.63. The Morgan fingerprint density at radius 2 is 1.75 bits per heavy atom. The molecule has 1 aromatic carbocycles. The van der Waals surface area contributed by atoms with E-state index in [9.17, 15) is 0 Å². The molecule has 1 atom stereocenters. The lowest BCUT2D eigenvalue weighted by Gasteiger charge is -2.33. The Hall–Kier alpha value is -2.19. The summed E-state index contributed by atoms with van der Waals surface area (Å²) in [6.07, 6.45) is 4.85. The van der Waals surface area contributed by atoms with Gasteiger partial charge in [0.25, 0.3) is 0 Å². The van der Waals surface area contributed by atoms with Gasteiger partial charge in [0.2, 0.25) is 5.82 Å². The maximum atomic E-state index is 5.58. The van der Waals surface area contributed by atoms with Gasteiger partial charge in [-0.3, -0.25) is 0 Å². The molecule has 0 spiro atoms. The number of ether oxygens (including phenoxy) is 2. The zero-order valence-corrected chi connectivity index (χ0v) is 17.1. The van der Waals surface area contributed by atoms with E-state index in [1.165, 1.54) is 36.1 Å². The molecular weight excluding hydrogens is 356 g/mol. The summed E-state index contributed by atoms with van der Waals surface area (Å²) in [5.74, 6) is 2.48. The summed E-state index contributed by atoms with van der Waals surface area (Å²) in [4.78, 5) is 3.11. The smallest absolute Gasteiger partial charge is 0.214 e. The van der Waals surface area contributed by atoms with E-state index in [1.54, 1.807) is 19.1 Å². The molecule has 1 saturated carbocycles. The van der Waals surface area contributed by atoms with Gasteiger partial charge in [-0.2, -0.15) is 0 Å². The van der Waals surface area contributed by atoms with E-state index in [-0.39, 0.29) is 6.04 Å². The van der Waals surface area contributed by atoms with Gasteiger partial charge in [0.1, 0.15) is 26.2 Å². The van der Waals surface area contributed by atoms with Crippen molar-refractivity contribution in [3.05, 3.63) is 29.6 Å². The highest BCUT2D eigenvalue weighted by molar-refractivity contribution is 5.44. The number of likely N-dealkylation sites (N-methyl/N-ethyl adjacent to an activating group) is 1. The van der Waals surface area contributed by atoms with Crippen molar-refractivity contribution in [2.24, 2.45) is 0 Å². The first-order valence-corrected chi connectivity index (χ1v) is 10.4. The Balaban J connectivity index is 1.74. The fourth-order valence-corrected chi connectivity index (χ4v) is 4.69. The van der Waals surface area contributed by atoms with Crippen LogP contribution >= 0.6 is 0 Å². The topological polar surface area (TPSA) is 70.9 Å². The summed E-state index contributed by atoms with van der Waals surface area (Å²) >= 11 is 0. The molecule has 0 radical (unpaired) electrons. The highest BCUT2D eigenvalue weighted by Gasteiger charge is 2.37. The molecule has 2 N–H and O–H groups in total. The van der Waals surface area contributed by atoms with Gasteiger partial charge in [-0.25, -0.2) is 4.68 Å². The molecule has 152 valence electrons. The van der Waals surface area contributed by atoms with Crippen LogP contribution in [0.4, 0.5) is 0 Å². The second kappa shape index (κ2) is 8.45. The number of nitrogens with one attached hydrogen (secondary N) is 2.